The Labute approximate surface area is 228 Å². The number of nitrogens with zero attached hydrogens (tertiary/aromatic N) is 2. The molecule has 4 aromatic rings. The first-order valence-corrected chi connectivity index (χ1v) is 13.8. The minimum Gasteiger partial charge on any atom is -0.478 e. The number of imidazole rings is 1. The third-order valence-corrected chi connectivity index (χ3v) is 7.50. The first-order chi connectivity index (χ1) is 18.9. The first kappa shape index (κ1) is 26.5. The molecule has 2 heterocycles. The van der Waals surface area contributed by atoms with Crippen LogP contribution in [0.5, 0.6) is 0 Å². The molecule has 1 aliphatic rings. The summed E-state index contributed by atoms with van der Waals surface area (Å²) in [7, 11) is 0. The standard InChI is InChI=1S/C32H35N3O4/c1-3-9-25-20-35-28(19-14-21(2)30(35)33-25)29(39-32(38)34-24-10-5-4-6-11-24)23-17-15-22(16-18-23)26-12-7-8-13-27(26)31(36)37/h7-8,12-20,24,29H,3-6,9-11H2,1-2H3,(H,34,38)(H,36,37). The highest BCUT2D eigenvalue weighted by molar-refractivity contribution is 5.96. The Bertz CT molecular complexity index is 1470. The molecule has 0 spiro atoms. The number of aromatic carboxylic acids is 1. The van der Waals surface area contributed by atoms with Crippen LogP contribution in [-0.2, 0) is 11.2 Å². The predicted octanol–water partition coefficient (Wildman–Crippen LogP) is 7.11. The molecule has 0 radical (unpaired) electrons. The van der Waals surface area contributed by atoms with Crippen molar-refractivity contribution in [1.82, 2.24) is 14.7 Å². The van der Waals surface area contributed by atoms with E-state index in [2.05, 4.69) is 12.2 Å². The number of carboxylic acids is 1. The molecule has 2 N–H and O–H groups in total. The van der Waals surface area contributed by atoms with Gasteiger partial charge >= 0.3 is 12.1 Å². The summed E-state index contributed by atoms with van der Waals surface area (Å²) in [4.78, 5) is 29.8. The molecule has 202 valence electrons. The smallest absolute Gasteiger partial charge is 0.408 e. The third-order valence-electron chi connectivity index (χ3n) is 7.50. The second kappa shape index (κ2) is 11.7. The number of ether oxygens (including phenoxy) is 1. The quantitative estimate of drug-likeness (QED) is 0.256. The highest BCUT2D eigenvalue weighted by Gasteiger charge is 2.25. The third kappa shape index (κ3) is 5.82. The molecule has 1 atom stereocenters. The lowest BCUT2D eigenvalue weighted by molar-refractivity contribution is 0.0697. The lowest BCUT2D eigenvalue weighted by Gasteiger charge is -2.25. The number of alkyl carbamates (subject to hydrolysis) is 1. The highest BCUT2D eigenvalue weighted by Crippen LogP contribution is 2.32. The second-order valence-electron chi connectivity index (χ2n) is 10.4. The Morgan fingerprint density at radius 1 is 1.05 bits per heavy atom. The van der Waals surface area contributed by atoms with Crippen LogP contribution in [0.15, 0.2) is 66.9 Å². The van der Waals surface area contributed by atoms with Gasteiger partial charge in [-0.25, -0.2) is 14.6 Å². The SMILES string of the molecule is CCCc1cn2c(C(OC(=O)NC3CCCCC3)c3ccc(-c4ccccc4C(=O)O)cc3)ccc(C)c2n1. The van der Waals surface area contributed by atoms with Gasteiger partial charge in [0.1, 0.15) is 5.65 Å². The summed E-state index contributed by atoms with van der Waals surface area (Å²) in [6, 6.07) is 18.7. The van der Waals surface area contributed by atoms with Crippen LogP contribution in [0.25, 0.3) is 16.8 Å². The van der Waals surface area contributed by atoms with Crippen LogP contribution in [0.1, 0.15) is 84.4 Å². The van der Waals surface area contributed by atoms with E-state index < -0.39 is 18.2 Å². The molecule has 2 aromatic heterocycles. The monoisotopic (exact) mass is 525 g/mol. The molecule has 39 heavy (non-hydrogen) atoms. The van der Waals surface area contributed by atoms with Crippen molar-refractivity contribution in [2.75, 3.05) is 0 Å². The van der Waals surface area contributed by atoms with E-state index in [0.29, 0.717) is 5.56 Å². The van der Waals surface area contributed by atoms with Crippen LogP contribution >= 0.6 is 0 Å². The minimum absolute atomic E-state index is 0.129. The molecule has 7 nitrogen and oxygen atoms in total. The Kier molecular flexibility index (Phi) is 7.96. The van der Waals surface area contributed by atoms with E-state index in [9.17, 15) is 14.7 Å². The Balaban J connectivity index is 1.53. The van der Waals surface area contributed by atoms with Gasteiger partial charge in [0.15, 0.2) is 6.10 Å². The number of hydrogen-bond donors (Lipinski definition) is 2. The van der Waals surface area contributed by atoms with Gasteiger partial charge in [-0.2, -0.15) is 0 Å². The number of fused-ring (bicyclic) bond motifs is 1. The minimum atomic E-state index is -0.972. The molecule has 1 unspecified atom stereocenters. The molecule has 0 saturated heterocycles. The summed E-state index contributed by atoms with van der Waals surface area (Å²) >= 11 is 0. The number of carboxylic acid groups (broad SMARTS) is 1. The van der Waals surface area contributed by atoms with E-state index in [-0.39, 0.29) is 11.6 Å². The summed E-state index contributed by atoms with van der Waals surface area (Å²) in [6.45, 7) is 4.16. The molecule has 1 fully saturated rings. The van der Waals surface area contributed by atoms with Crippen LogP contribution in [0.4, 0.5) is 4.79 Å². The molecule has 0 aliphatic heterocycles. The van der Waals surface area contributed by atoms with E-state index in [1.807, 2.05) is 60.0 Å². The van der Waals surface area contributed by atoms with Gasteiger partial charge in [-0.1, -0.05) is 81.1 Å². The zero-order valence-corrected chi connectivity index (χ0v) is 22.5. The summed E-state index contributed by atoms with van der Waals surface area (Å²) in [6.07, 6.45) is 8.14. The van der Waals surface area contributed by atoms with Crippen molar-refractivity contribution in [3.05, 3.63) is 94.9 Å². The van der Waals surface area contributed by atoms with Crippen molar-refractivity contribution in [2.24, 2.45) is 0 Å². The Morgan fingerprint density at radius 2 is 1.79 bits per heavy atom. The fraction of sp³-hybridized carbons (Fsp3) is 0.344. The van der Waals surface area contributed by atoms with E-state index in [0.717, 1.165) is 72.3 Å². The number of pyridine rings is 1. The van der Waals surface area contributed by atoms with Gasteiger partial charge in [0, 0.05) is 12.2 Å². The normalized spacial score (nSPS) is 14.7. The van der Waals surface area contributed by atoms with E-state index in [1.54, 1.807) is 18.2 Å². The predicted molar refractivity (Wildman–Crippen MR) is 151 cm³/mol. The van der Waals surface area contributed by atoms with Gasteiger partial charge in [0.2, 0.25) is 0 Å². The first-order valence-electron chi connectivity index (χ1n) is 13.8. The Morgan fingerprint density at radius 3 is 2.51 bits per heavy atom. The van der Waals surface area contributed by atoms with E-state index >= 15 is 0 Å². The highest BCUT2D eigenvalue weighted by atomic mass is 16.6. The maximum atomic E-state index is 13.2. The molecule has 1 saturated carbocycles. The number of rotatable bonds is 8. The van der Waals surface area contributed by atoms with Crippen molar-refractivity contribution in [3.8, 4) is 11.1 Å². The fourth-order valence-electron chi connectivity index (χ4n) is 5.47. The number of carbonyl (C=O) groups excluding carboxylic acids is 1. The molecule has 1 aliphatic carbocycles. The van der Waals surface area contributed by atoms with Crippen LogP contribution in [0.2, 0.25) is 0 Å². The number of nitrogens with one attached hydrogen (secondary N) is 1. The number of benzene rings is 2. The number of aryl methyl sites for hydroxylation is 2. The van der Waals surface area contributed by atoms with Gasteiger partial charge in [0.25, 0.3) is 0 Å². The summed E-state index contributed by atoms with van der Waals surface area (Å²) in [5.74, 6) is -0.972. The van der Waals surface area contributed by atoms with Crippen molar-refractivity contribution in [2.45, 2.75) is 70.9 Å². The van der Waals surface area contributed by atoms with Gasteiger partial charge in [-0.3, -0.25) is 4.40 Å². The van der Waals surface area contributed by atoms with Gasteiger partial charge in [-0.15, -0.1) is 0 Å². The van der Waals surface area contributed by atoms with Gasteiger partial charge in [-0.05, 0) is 60.6 Å². The molecule has 5 rings (SSSR count). The van der Waals surface area contributed by atoms with Gasteiger partial charge < -0.3 is 15.2 Å². The molecule has 0 bridgehead atoms. The number of aromatic nitrogens is 2. The van der Waals surface area contributed by atoms with E-state index in [1.165, 1.54) is 6.42 Å². The van der Waals surface area contributed by atoms with E-state index in [4.69, 9.17) is 9.72 Å². The largest absolute Gasteiger partial charge is 0.478 e. The average molecular weight is 526 g/mol. The maximum absolute atomic E-state index is 13.2. The van der Waals surface area contributed by atoms with Crippen molar-refractivity contribution < 1.29 is 19.4 Å². The molecule has 7 heteroatoms. The second-order valence-corrected chi connectivity index (χ2v) is 10.4. The fourth-order valence-corrected chi connectivity index (χ4v) is 5.47. The summed E-state index contributed by atoms with van der Waals surface area (Å²) in [5, 5.41) is 12.7. The van der Waals surface area contributed by atoms with Crippen LogP contribution < -0.4 is 5.32 Å². The number of hydrogen-bond acceptors (Lipinski definition) is 4. The summed E-state index contributed by atoms with van der Waals surface area (Å²) < 4.78 is 8.19. The van der Waals surface area contributed by atoms with Crippen molar-refractivity contribution >= 4 is 17.7 Å². The van der Waals surface area contributed by atoms with Crippen LogP contribution in [0, 0.1) is 6.92 Å². The zero-order valence-electron chi connectivity index (χ0n) is 22.5. The lowest BCUT2D eigenvalue weighted by Crippen LogP contribution is -2.37. The summed E-state index contributed by atoms with van der Waals surface area (Å²) in [5.41, 5.74) is 6.16. The number of carbonyl (C=O) groups is 2. The Hall–Kier alpha value is -4.13. The molecular formula is C32H35N3O4. The van der Waals surface area contributed by atoms with Crippen LogP contribution in [0.3, 0.4) is 0 Å². The lowest BCUT2D eigenvalue weighted by atomic mass is 9.96. The number of amides is 1. The molecule has 2 aromatic carbocycles. The zero-order chi connectivity index (χ0) is 27.4. The van der Waals surface area contributed by atoms with Crippen LogP contribution in [-0.4, -0.2) is 32.6 Å². The topological polar surface area (TPSA) is 92.9 Å². The molecule has 1 amide bonds. The molecular weight excluding hydrogens is 490 g/mol. The maximum Gasteiger partial charge on any atom is 0.408 e. The average Bonchev–Trinajstić information content (AvgIpc) is 3.38. The van der Waals surface area contributed by atoms with Crippen molar-refractivity contribution in [1.29, 1.82) is 0 Å². The van der Waals surface area contributed by atoms with Gasteiger partial charge in [0.05, 0.1) is 17.0 Å². The van der Waals surface area contributed by atoms with Crippen molar-refractivity contribution in [3.63, 3.8) is 0 Å².